The normalized spacial score (nSPS) is 14.5. The maximum Gasteiger partial charge on any atom is 1.00 e. The monoisotopic (exact) mass is 762 g/mol. The molecule has 4 heterocycles. The number of rotatable bonds is 7. The molecule has 0 N–H and O–H groups in total. The fourth-order valence-corrected chi connectivity index (χ4v) is 9.82. The van der Waals surface area contributed by atoms with Crippen LogP contribution >= 0.6 is 23.1 Å². The average molecular weight is 763 g/mol. The third kappa shape index (κ3) is 6.43. The minimum Gasteiger partial charge on any atom is -0.743 e. The molecule has 0 atom stereocenters. The molecule has 1 aliphatic rings. The zero-order chi connectivity index (χ0) is 34.9. The Morgan fingerprint density at radius 3 is 2.14 bits per heavy atom. The van der Waals surface area contributed by atoms with Gasteiger partial charge in [-0.1, -0.05) is 72.2 Å². The second-order valence-electron chi connectivity index (χ2n) is 11.4. The van der Waals surface area contributed by atoms with Crippen molar-refractivity contribution in [1.29, 1.82) is 0 Å². The number of hydrogen-bond donors (Lipinski definition) is 0. The molecule has 15 heteroatoms. The number of hydrogen-bond acceptors (Lipinski definition) is 11. The molecule has 3 aromatic heterocycles. The smallest absolute Gasteiger partial charge is 0.743 e. The Hall–Kier alpha value is -3.88. The van der Waals surface area contributed by atoms with Crippen LogP contribution in [0.4, 0.5) is 5.69 Å². The molecule has 0 aliphatic carbocycles. The van der Waals surface area contributed by atoms with E-state index in [1.807, 2.05) is 67.6 Å². The standard InChI is InChI=1S/C36H24N2O8S4.Na/c1-3-9-36(50(42,43)44)38-27-19-31-25(23-11-6-8-13-29(23)46-31)17-33(27)48-35(38)15-21(4-2)14-34-37(20-49(39,40)41)26-18-30-24(16-32(26)47-34)22-10-5-7-12-28(22)45-30;/h5-8,10-19H,1,4,20H2,2H3,(H-,39,40,41,42,43,44);/q;+1/p-1. The summed E-state index contributed by atoms with van der Waals surface area (Å²) in [5.41, 5.74) is 8.64. The zero-order valence-electron chi connectivity index (χ0n) is 27.0. The van der Waals surface area contributed by atoms with Crippen LogP contribution in [0.2, 0.25) is 0 Å². The molecule has 0 unspecified atom stereocenters. The number of allylic oxidation sites excluding steroid dienone is 2. The van der Waals surface area contributed by atoms with E-state index < -0.39 is 31.1 Å². The zero-order valence-corrected chi connectivity index (χ0v) is 32.3. The summed E-state index contributed by atoms with van der Waals surface area (Å²) in [5, 5.41) is 3.60. The number of aromatic nitrogens is 1. The van der Waals surface area contributed by atoms with Crippen LogP contribution in [0.25, 0.3) is 60.2 Å². The summed E-state index contributed by atoms with van der Waals surface area (Å²) in [6.45, 7) is 5.33. The van der Waals surface area contributed by atoms with E-state index in [4.69, 9.17) is 8.83 Å². The van der Waals surface area contributed by atoms with Crippen LogP contribution in [0, 0.1) is 0 Å². The molecule has 51 heavy (non-hydrogen) atoms. The molecule has 0 saturated heterocycles. The van der Waals surface area contributed by atoms with E-state index in [0.717, 1.165) is 26.2 Å². The molecule has 0 radical (unpaired) electrons. The number of fused-ring (bicyclic) bond motifs is 8. The average Bonchev–Trinajstić information content (AvgIpc) is 3.80. The van der Waals surface area contributed by atoms with Gasteiger partial charge in [-0.05, 0) is 54.6 Å². The fraction of sp³-hybridized carbons (Fsp3) is 0.0833. The predicted molar refractivity (Wildman–Crippen MR) is 193 cm³/mol. The van der Waals surface area contributed by atoms with Gasteiger partial charge >= 0.3 is 29.6 Å². The molecule has 10 nitrogen and oxygen atoms in total. The minimum atomic E-state index is -5.08. The van der Waals surface area contributed by atoms with Crippen LogP contribution in [0.15, 0.2) is 126 Å². The molecule has 0 fully saturated rings. The van der Waals surface area contributed by atoms with E-state index in [1.54, 1.807) is 24.3 Å². The summed E-state index contributed by atoms with van der Waals surface area (Å²) in [4.78, 5) is 1.96. The van der Waals surface area contributed by atoms with E-state index >= 15 is 0 Å². The predicted octanol–water partition coefficient (Wildman–Crippen LogP) is 5.07. The van der Waals surface area contributed by atoms with Gasteiger partial charge in [0.25, 0.3) is 5.01 Å². The van der Waals surface area contributed by atoms with Crippen LogP contribution in [0.5, 0.6) is 0 Å². The first-order chi connectivity index (χ1) is 23.9. The van der Waals surface area contributed by atoms with Crippen LogP contribution in [0.1, 0.15) is 18.4 Å². The molecule has 0 bridgehead atoms. The van der Waals surface area contributed by atoms with Gasteiger partial charge in [-0.3, -0.25) is 4.90 Å². The van der Waals surface area contributed by atoms with Crippen LogP contribution < -0.4 is 39.0 Å². The van der Waals surface area contributed by atoms with Crippen molar-refractivity contribution in [1.82, 2.24) is 0 Å². The summed E-state index contributed by atoms with van der Waals surface area (Å²) in [6.07, 6.45) is 3.90. The Bertz CT molecular complexity index is 2980. The van der Waals surface area contributed by atoms with E-state index in [1.165, 1.54) is 32.6 Å². The Morgan fingerprint density at radius 2 is 1.53 bits per heavy atom. The van der Waals surface area contributed by atoms with Crippen molar-refractivity contribution in [3.8, 4) is 0 Å². The molecule has 1 aliphatic heterocycles. The van der Waals surface area contributed by atoms with Gasteiger partial charge in [0, 0.05) is 38.6 Å². The van der Waals surface area contributed by atoms with Gasteiger partial charge in [-0.25, -0.2) is 16.8 Å². The number of para-hydroxylation sites is 2. The Balaban J connectivity index is 0.00000406. The van der Waals surface area contributed by atoms with E-state index in [2.05, 4.69) is 18.0 Å². The number of thiazole rings is 1. The quantitative estimate of drug-likeness (QED) is 0.0934. The second kappa shape index (κ2) is 13.3. The largest absolute Gasteiger partial charge is 1.00 e. The van der Waals surface area contributed by atoms with Gasteiger partial charge in [-0.2, -0.15) is 4.57 Å². The molecule has 7 aromatic rings. The van der Waals surface area contributed by atoms with Gasteiger partial charge in [0.1, 0.15) is 37.2 Å². The van der Waals surface area contributed by atoms with Gasteiger partial charge in [0.2, 0.25) is 11.4 Å². The van der Waals surface area contributed by atoms with Gasteiger partial charge in [0.15, 0.2) is 15.1 Å². The van der Waals surface area contributed by atoms with Gasteiger partial charge in [0.05, 0.1) is 16.8 Å². The fourth-order valence-electron chi connectivity index (χ4n) is 6.17. The summed E-state index contributed by atoms with van der Waals surface area (Å²) < 4.78 is 88.5. The number of thioether (sulfide) groups is 1. The first-order valence-corrected chi connectivity index (χ1v) is 19.7. The van der Waals surface area contributed by atoms with Crippen molar-refractivity contribution in [3.05, 3.63) is 118 Å². The number of furan rings is 2. The van der Waals surface area contributed by atoms with Crippen molar-refractivity contribution in [2.75, 3.05) is 4.90 Å². The van der Waals surface area contributed by atoms with Crippen LogP contribution in [-0.2, 0) is 26.1 Å². The topological polar surface area (TPSA) is 148 Å². The molecule has 0 spiro atoms. The molecule has 4 aromatic carbocycles. The van der Waals surface area contributed by atoms with Crippen molar-refractivity contribution in [2.24, 2.45) is 0 Å². The van der Waals surface area contributed by atoms with Crippen LogP contribution in [0.3, 0.4) is 0 Å². The minimum absolute atomic E-state index is 0. The van der Waals surface area contributed by atoms with Crippen molar-refractivity contribution in [2.45, 2.75) is 24.1 Å². The third-order valence-electron chi connectivity index (χ3n) is 8.31. The van der Waals surface area contributed by atoms with Crippen molar-refractivity contribution in [3.63, 3.8) is 0 Å². The van der Waals surface area contributed by atoms with Crippen LogP contribution in [-0.4, -0.2) is 25.9 Å². The molecule has 8 rings (SSSR count). The Labute approximate surface area is 322 Å². The molecular formula is C36H23N2NaO8S4. The molecule has 0 amide bonds. The Kier molecular flexibility index (Phi) is 9.24. The van der Waals surface area contributed by atoms with E-state index in [0.29, 0.717) is 60.5 Å². The molecular weight excluding hydrogens is 740 g/mol. The summed E-state index contributed by atoms with van der Waals surface area (Å²) in [6, 6.07) is 22.3. The second-order valence-corrected chi connectivity index (χ2v) is 16.2. The van der Waals surface area contributed by atoms with E-state index in [9.17, 15) is 25.9 Å². The van der Waals surface area contributed by atoms with Gasteiger partial charge < -0.3 is 17.9 Å². The number of anilines is 1. The Morgan fingerprint density at radius 1 is 0.902 bits per heavy atom. The van der Waals surface area contributed by atoms with Crippen molar-refractivity contribution < 1.29 is 68.9 Å². The maximum atomic E-state index is 12.6. The number of nitrogens with zero attached hydrogens (tertiary/aromatic N) is 2. The summed E-state index contributed by atoms with van der Waals surface area (Å²) in [7, 11) is -9.79. The van der Waals surface area contributed by atoms with Crippen molar-refractivity contribution >= 4 is 109 Å². The number of benzene rings is 4. The van der Waals surface area contributed by atoms with Gasteiger partial charge in [-0.15, -0.1) is 0 Å². The SMILES string of the molecule is C=C=C=C(N1C(=CC(=Cc2sc3cc4c(cc3[n+]2CS(=O)(=O)[O-])oc2ccccc24)CC)Sc2cc3c(cc21)oc1ccccc13)S(=O)(=O)[O-].[Na+]. The maximum absolute atomic E-state index is 12.6. The first-order valence-electron chi connectivity index (χ1n) is 15.1. The first kappa shape index (κ1) is 35.5. The summed E-state index contributed by atoms with van der Waals surface area (Å²) in [5.74, 6) is -0.817. The molecule has 250 valence electrons. The summed E-state index contributed by atoms with van der Waals surface area (Å²) >= 11 is 2.55. The third-order valence-corrected chi connectivity index (χ3v) is 11.8. The molecule has 0 saturated carbocycles. The van der Waals surface area contributed by atoms with E-state index in [-0.39, 0.29) is 29.6 Å².